The van der Waals surface area contributed by atoms with Crippen molar-refractivity contribution in [1.29, 1.82) is 0 Å². The molecular formula is C37H45F5OSi. The molecule has 1 unspecified atom stereocenters. The van der Waals surface area contributed by atoms with E-state index in [0.717, 1.165) is 72.9 Å². The molecule has 0 N–H and O–H groups in total. The third-order valence-corrected chi connectivity index (χ3v) is 14.7. The Balaban J connectivity index is 1.81. The summed E-state index contributed by atoms with van der Waals surface area (Å²) >= 11 is 0. The first-order chi connectivity index (χ1) is 20.4. The smallest absolute Gasteiger partial charge is 0.410 e. The highest BCUT2D eigenvalue weighted by Crippen LogP contribution is 2.54. The topological polar surface area (TPSA) is 9.23 Å². The molecule has 0 spiro atoms. The van der Waals surface area contributed by atoms with Crippen LogP contribution in [0.4, 0.5) is 22.0 Å². The first-order valence-electron chi connectivity index (χ1n) is 15.8. The molecule has 0 amide bonds. The highest BCUT2D eigenvalue weighted by atomic mass is 28.4. The number of benzene rings is 3. The quantitative estimate of drug-likeness (QED) is 0.195. The summed E-state index contributed by atoms with van der Waals surface area (Å²) in [5, 5.41) is -0.0553. The lowest BCUT2D eigenvalue weighted by molar-refractivity contribution is -0.137. The molecule has 1 saturated carbocycles. The zero-order valence-electron chi connectivity index (χ0n) is 27.0. The minimum atomic E-state index is -4.51. The van der Waals surface area contributed by atoms with E-state index in [1.165, 1.54) is 24.3 Å². The molecule has 238 valence electrons. The lowest BCUT2D eigenvalue weighted by atomic mass is 9.68. The SMILES string of the molecule is CC1(C)Cc2cc(C3CCCC3)c(C(F)c3ccc(C(F)(F)F)cc3)c(-c3ccc(F)cc3)c2[C@@H](O[Si](C)(C)C(C)(C)C)C1. The van der Waals surface area contributed by atoms with Gasteiger partial charge in [-0.15, -0.1) is 0 Å². The average molecular weight is 629 g/mol. The molecule has 2 aliphatic rings. The van der Waals surface area contributed by atoms with Crippen LogP contribution in [0.15, 0.2) is 54.6 Å². The molecule has 0 bridgehead atoms. The number of alkyl halides is 4. The first kappa shape index (κ1) is 32.9. The molecule has 1 fully saturated rings. The zero-order chi connectivity index (χ0) is 32.2. The molecule has 3 aromatic rings. The maximum absolute atomic E-state index is 17.2. The number of fused-ring (bicyclic) bond motifs is 1. The van der Waals surface area contributed by atoms with Gasteiger partial charge in [0.25, 0.3) is 0 Å². The number of rotatable bonds is 6. The van der Waals surface area contributed by atoms with Crippen molar-refractivity contribution in [3.63, 3.8) is 0 Å². The van der Waals surface area contributed by atoms with Crippen LogP contribution in [0.25, 0.3) is 11.1 Å². The first-order valence-corrected chi connectivity index (χ1v) is 18.7. The van der Waals surface area contributed by atoms with E-state index in [1.54, 1.807) is 12.1 Å². The van der Waals surface area contributed by atoms with Crippen LogP contribution in [-0.2, 0) is 17.0 Å². The summed E-state index contributed by atoms with van der Waals surface area (Å²) in [7, 11) is -2.29. The molecule has 0 radical (unpaired) electrons. The second-order valence-corrected chi connectivity index (χ2v) is 20.0. The van der Waals surface area contributed by atoms with Crippen molar-refractivity contribution in [2.75, 3.05) is 0 Å². The molecule has 2 aliphatic carbocycles. The maximum atomic E-state index is 17.2. The summed E-state index contributed by atoms with van der Waals surface area (Å²) in [6.45, 7) is 15.5. The Labute approximate surface area is 260 Å². The van der Waals surface area contributed by atoms with Gasteiger partial charge in [-0.1, -0.05) is 77.8 Å². The van der Waals surface area contributed by atoms with Crippen molar-refractivity contribution in [3.05, 3.63) is 93.8 Å². The van der Waals surface area contributed by atoms with Gasteiger partial charge < -0.3 is 4.43 Å². The minimum absolute atomic E-state index is 0.0553. The summed E-state index contributed by atoms with van der Waals surface area (Å²) < 4.78 is 78.9. The molecular weight excluding hydrogens is 583 g/mol. The Morgan fingerprint density at radius 1 is 0.909 bits per heavy atom. The van der Waals surface area contributed by atoms with Crippen molar-refractivity contribution in [3.8, 4) is 11.1 Å². The van der Waals surface area contributed by atoms with Crippen molar-refractivity contribution >= 4 is 8.32 Å². The standard InChI is InChI=1S/C37H45F5OSi/c1-35(2,3)44(6,7)43-30-22-36(4,5)21-26-20-29(23-10-8-9-11-23)33(32(31(26)30)24-14-18-28(38)19-15-24)34(39)25-12-16-27(17-13-25)37(40,41)42/h12-20,23,30,34H,8-11,21-22H2,1-7H3/t30-,34?/m0/s1. The normalized spacial score (nSPS) is 20.0. The second kappa shape index (κ2) is 11.7. The van der Waals surface area contributed by atoms with Gasteiger partial charge in [0, 0.05) is 5.56 Å². The van der Waals surface area contributed by atoms with E-state index in [0.29, 0.717) is 11.1 Å². The summed E-state index contributed by atoms with van der Waals surface area (Å²) in [4.78, 5) is 0. The summed E-state index contributed by atoms with van der Waals surface area (Å²) in [5.74, 6) is -0.238. The third kappa shape index (κ3) is 6.55. The molecule has 7 heteroatoms. The summed E-state index contributed by atoms with van der Waals surface area (Å²) in [6, 6.07) is 12.8. The van der Waals surface area contributed by atoms with E-state index in [-0.39, 0.29) is 33.9 Å². The molecule has 1 nitrogen and oxygen atoms in total. The number of halogens is 5. The van der Waals surface area contributed by atoms with E-state index in [2.05, 4.69) is 53.8 Å². The molecule has 2 atom stereocenters. The van der Waals surface area contributed by atoms with Crippen LogP contribution in [0.3, 0.4) is 0 Å². The number of hydrogen-bond acceptors (Lipinski definition) is 1. The predicted molar refractivity (Wildman–Crippen MR) is 171 cm³/mol. The van der Waals surface area contributed by atoms with Gasteiger partial charge in [-0.3, -0.25) is 0 Å². The Kier molecular flexibility index (Phi) is 8.73. The van der Waals surface area contributed by atoms with Gasteiger partial charge in [0.05, 0.1) is 11.7 Å². The Morgan fingerprint density at radius 3 is 2.05 bits per heavy atom. The van der Waals surface area contributed by atoms with Crippen molar-refractivity contribution < 1.29 is 26.4 Å². The number of hydrogen-bond donors (Lipinski definition) is 0. The van der Waals surface area contributed by atoms with E-state index < -0.39 is 26.2 Å². The molecule has 5 rings (SSSR count). The fourth-order valence-electron chi connectivity index (χ4n) is 6.91. The average Bonchev–Trinajstić information content (AvgIpc) is 3.45. The van der Waals surface area contributed by atoms with E-state index >= 15 is 4.39 Å². The molecule has 0 aliphatic heterocycles. The second-order valence-electron chi connectivity index (χ2n) is 15.2. The van der Waals surface area contributed by atoms with Crippen molar-refractivity contribution in [2.24, 2.45) is 5.41 Å². The molecule has 0 saturated heterocycles. The van der Waals surface area contributed by atoms with Crippen LogP contribution in [0.1, 0.15) is 118 Å². The minimum Gasteiger partial charge on any atom is -0.410 e. The van der Waals surface area contributed by atoms with Gasteiger partial charge in [0.1, 0.15) is 5.82 Å². The third-order valence-electron chi connectivity index (χ3n) is 10.2. The molecule has 0 aromatic heterocycles. The van der Waals surface area contributed by atoms with Gasteiger partial charge in [-0.2, -0.15) is 13.2 Å². The highest BCUT2D eigenvalue weighted by molar-refractivity contribution is 6.74. The van der Waals surface area contributed by atoms with Crippen LogP contribution in [0.2, 0.25) is 18.1 Å². The van der Waals surface area contributed by atoms with E-state index in [1.807, 2.05) is 0 Å². The fraction of sp³-hybridized carbons (Fsp3) is 0.514. The van der Waals surface area contributed by atoms with Crippen molar-refractivity contribution in [1.82, 2.24) is 0 Å². The van der Waals surface area contributed by atoms with Crippen molar-refractivity contribution in [2.45, 2.75) is 116 Å². The zero-order valence-corrected chi connectivity index (χ0v) is 28.0. The Hall–Kier alpha value is -2.51. The monoisotopic (exact) mass is 628 g/mol. The Morgan fingerprint density at radius 2 is 1.50 bits per heavy atom. The largest absolute Gasteiger partial charge is 0.416 e. The van der Waals surface area contributed by atoms with Gasteiger partial charge in [-0.25, -0.2) is 8.78 Å². The van der Waals surface area contributed by atoms with Gasteiger partial charge in [0.15, 0.2) is 14.5 Å². The van der Waals surface area contributed by atoms with E-state index in [9.17, 15) is 17.6 Å². The lowest BCUT2D eigenvalue weighted by Crippen LogP contribution is -2.43. The summed E-state index contributed by atoms with van der Waals surface area (Å²) in [6.07, 6.45) is -0.965. The van der Waals surface area contributed by atoms with Crippen LogP contribution in [0, 0.1) is 11.2 Å². The van der Waals surface area contributed by atoms with Gasteiger partial charge >= 0.3 is 6.18 Å². The molecule has 3 aromatic carbocycles. The van der Waals surface area contributed by atoms with E-state index in [4.69, 9.17) is 4.43 Å². The van der Waals surface area contributed by atoms with Crippen LogP contribution in [-0.4, -0.2) is 8.32 Å². The highest BCUT2D eigenvalue weighted by Gasteiger charge is 2.45. The lowest BCUT2D eigenvalue weighted by Gasteiger charge is -2.45. The fourth-order valence-corrected chi connectivity index (χ4v) is 8.18. The van der Waals surface area contributed by atoms with Gasteiger partial charge in [0.2, 0.25) is 0 Å². The molecule has 0 heterocycles. The van der Waals surface area contributed by atoms with Gasteiger partial charge in [-0.05, 0) is 113 Å². The molecule has 44 heavy (non-hydrogen) atoms. The predicted octanol–water partition coefficient (Wildman–Crippen LogP) is 12.3. The summed E-state index contributed by atoms with van der Waals surface area (Å²) in [5.41, 5.74) is 4.24. The Bertz CT molecular complexity index is 1480. The van der Waals surface area contributed by atoms with Crippen LogP contribution < -0.4 is 0 Å². The van der Waals surface area contributed by atoms with Crippen LogP contribution >= 0.6 is 0 Å². The maximum Gasteiger partial charge on any atom is 0.416 e. The van der Waals surface area contributed by atoms with Crippen LogP contribution in [0.5, 0.6) is 0 Å².